The molecule has 1 fully saturated rings. The fraction of sp³-hybridized carbons (Fsp3) is 1.00. The molecule has 0 heteroatoms. The first-order chi connectivity index (χ1) is 6.74. The third-order valence-corrected chi connectivity index (χ3v) is 5.62. The van der Waals surface area contributed by atoms with E-state index in [0.717, 1.165) is 17.8 Å². The van der Waals surface area contributed by atoms with E-state index in [9.17, 15) is 0 Å². The van der Waals surface area contributed by atoms with Crippen molar-refractivity contribution in [1.29, 1.82) is 0 Å². The lowest BCUT2D eigenvalue weighted by Gasteiger charge is -2.36. The first-order valence-electron chi connectivity index (χ1n) is 6.74. The summed E-state index contributed by atoms with van der Waals surface area (Å²) in [6, 6.07) is 0. The van der Waals surface area contributed by atoms with Gasteiger partial charge in [0.1, 0.15) is 0 Å². The number of hydrogen-bond acceptors (Lipinski definition) is 0. The molecule has 0 nitrogen and oxygen atoms in total. The SMILES string of the molecule is CCC(C)C(C)(C)CC(C)C1(C)CC1C. The Hall–Kier alpha value is 0. The van der Waals surface area contributed by atoms with Crippen LogP contribution < -0.4 is 0 Å². The first-order valence-corrected chi connectivity index (χ1v) is 6.74. The maximum absolute atomic E-state index is 2.48. The molecule has 1 aliphatic rings. The Kier molecular flexibility index (Phi) is 3.58. The van der Waals surface area contributed by atoms with E-state index in [2.05, 4.69) is 48.5 Å². The fourth-order valence-electron chi connectivity index (χ4n) is 3.06. The molecule has 0 N–H and O–H groups in total. The molecule has 0 amide bonds. The largest absolute Gasteiger partial charge is 0.0651 e. The van der Waals surface area contributed by atoms with Crippen molar-refractivity contribution < 1.29 is 0 Å². The predicted octanol–water partition coefficient (Wildman–Crippen LogP) is 5.13. The van der Waals surface area contributed by atoms with Gasteiger partial charge in [0.25, 0.3) is 0 Å². The maximum atomic E-state index is 2.48. The van der Waals surface area contributed by atoms with E-state index in [-0.39, 0.29) is 0 Å². The zero-order chi connectivity index (χ0) is 11.9. The van der Waals surface area contributed by atoms with Crippen LogP contribution in [0.5, 0.6) is 0 Å². The molecule has 4 unspecified atom stereocenters. The molecule has 0 spiro atoms. The number of rotatable bonds is 5. The third kappa shape index (κ3) is 2.57. The van der Waals surface area contributed by atoms with Crippen molar-refractivity contribution in [1.82, 2.24) is 0 Å². The second kappa shape index (κ2) is 4.11. The average Bonchev–Trinajstić information content (AvgIpc) is 2.74. The molecule has 0 radical (unpaired) electrons. The van der Waals surface area contributed by atoms with E-state index in [4.69, 9.17) is 0 Å². The second-order valence-electron chi connectivity index (χ2n) is 7.01. The summed E-state index contributed by atoms with van der Waals surface area (Å²) in [5.41, 5.74) is 1.17. The van der Waals surface area contributed by atoms with Gasteiger partial charge < -0.3 is 0 Å². The van der Waals surface area contributed by atoms with Crippen LogP contribution >= 0.6 is 0 Å². The summed E-state index contributed by atoms with van der Waals surface area (Å²) in [5.74, 6) is 2.69. The van der Waals surface area contributed by atoms with Gasteiger partial charge in [-0.2, -0.15) is 0 Å². The molecular formula is C15H30. The molecule has 0 aliphatic heterocycles. The molecule has 4 atom stereocenters. The zero-order valence-electron chi connectivity index (χ0n) is 11.9. The smallest absolute Gasteiger partial charge is 0.0271 e. The van der Waals surface area contributed by atoms with Gasteiger partial charge in [-0.3, -0.25) is 0 Å². The Balaban J connectivity index is 2.54. The highest BCUT2D eigenvalue weighted by molar-refractivity contribution is 5.00. The standard InChI is InChI=1S/C15H30/c1-8-11(2)14(5,6)9-12(3)15(7)10-13(15)4/h11-13H,8-10H2,1-7H3. The minimum atomic E-state index is 0.513. The van der Waals surface area contributed by atoms with Gasteiger partial charge in [-0.05, 0) is 41.4 Å². The van der Waals surface area contributed by atoms with Crippen molar-refractivity contribution in [2.45, 2.75) is 67.7 Å². The molecule has 1 saturated carbocycles. The van der Waals surface area contributed by atoms with Gasteiger partial charge in [-0.1, -0.05) is 54.9 Å². The fourth-order valence-corrected chi connectivity index (χ4v) is 3.06. The highest BCUT2D eigenvalue weighted by Crippen LogP contribution is 2.59. The summed E-state index contributed by atoms with van der Waals surface area (Å²) >= 11 is 0. The van der Waals surface area contributed by atoms with E-state index in [1.165, 1.54) is 19.3 Å². The topological polar surface area (TPSA) is 0 Å². The van der Waals surface area contributed by atoms with Crippen LogP contribution in [0.4, 0.5) is 0 Å². The first kappa shape index (κ1) is 13.1. The molecule has 0 aromatic rings. The van der Waals surface area contributed by atoms with Crippen LogP contribution in [0.15, 0.2) is 0 Å². The van der Waals surface area contributed by atoms with Gasteiger partial charge >= 0.3 is 0 Å². The molecule has 0 bridgehead atoms. The molecule has 0 saturated heterocycles. The normalized spacial score (nSPS) is 35.0. The summed E-state index contributed by atoms with van der Waals surface area (Å²) in [4.78, 5) is 0. The molecule has 0 aromatic heterocycles. The van der Waals surface area contributed by atoms with Gasteiger partial charge in [0, 0.05) is 0 Å². The quantitative estimate of drug-likeness (QED) is 0.590. The molecule has 1 rings (SSSR count). The van der Waals surface area contributed by atoms with Gasteiger partial charge in [0.2, 0.25) is 0 Å². The monoisotopic (exact) mass is 210 g/mol. The van der Waals surface area contributed by atoms with E-state index >= 15 is 0 Å². The summed E-state index contributed by atoms with van der Waals surface area (Å²) in [6.45, 7) is 17.0. The lowest BCUT2D eigenvalue weighted by atomic mass is 9.69. The Labute approximate surface area is 96.8 Å². The summed E-state index contributed by atoms with van der Waals surface area (Å²) in [6.07, 6.45) is 4.15. The van der Waals surface area contributed by atoms with Gasteiger partial charge in [-0.15, -0.1) is 0 Å². The lowest BCUT2D eigenvalue weighted by Crippen LogP contribution is -2.27. The third-order valence-electron chi connectivity index (χ3n) is 5.62. The minimum Gasteiger partial charge on any atom is -0.0651 e. The van der Waals surface area contributed by atoms with Crippen LogP contribution in [0.2, 0.25) is 0 Å². The molecule has 90 valence electrons. The predicted molar refractivity (Wildman–Crippen MR) is 68.9 cm³/mol. The van der Waals surface area contributed by atoms with E-state index in [0.29, 0.717) is 10.8 Å². The summed E-state index contributed by atoms with van der Waals surface area (Å²) in [7, 11) is 0. The Morgan fingerprint density at radius 3 is 2.13 bits per heavy atom. The zero-order valence-corrected chi connectivity index (χ0v) is 11.9. The van der Waals surface area contributed by atoms with Crippen molar-refractivity contribution in [2.75, 3.05) is 0 Å². The number of hydrogen-bond donors (Lipinski definition) is 0. The molecule has 0 heterocycles. The Morgan fingerprint density at radius 2 is 1.80 bits per heavy atom. The molecule has 1 aliphatic carbocycles. The van der Waals surface area contributed by atoms with Crippen LogP contribution in [0.3, 0.4) is 0 Å². The van der Waals surface area contributed by atoms with Crippen LogP contribution in [-0.4, -0.2) is 0 Å². The van der Waals surface area contributed by atoms with Crippen molar-refractivity contribution in [3.63, 3.8) is 0 Å². The molecular weight excluding hydrogens is 180 g/mol. The lowest BCUT2D eigenvalue weighted by molar-refractivity contribution is 0.141. The van der Waals surface area contributed by atoms with Crippen molar-refractivity contribution in [3.8, 4) is 0 Å². The van der Waals surface area contributed by atoms with Crippen LogP contribution in [0.25, 0.3) is 0 Å². The van der Waals surface area contributed by atoms with E-state index < -0.39 is 0 Å². The van der Waals surface area contributed by atoms with E-state index in [1.807, 2.05) is 0 Å². The highest BCUT2D eigenvalue weighted by Gasteiger charge is 2.51. The molecule has 0 aromatic carbocycles. The van der Waals surface area contributed by atoms with Crippen molar-refractivity contribution in [2.24, 2.45) is 28.6 Å². The van der Waals surface area contributed by atoms with Crippen molar-refractivity contribution >= 4 is 0 Å². The van der Waals surface area contributed by atoms with E-state index in [1.54, 1.807) is 0 Å². The highest BCUT2D eigenvalue weighted by atomic mass is 14.6. The minimum absolute atomic E-state index is 0.513. The Morgan fingerprint density at radius 1 is 1.33 bits per heavy atom. The summed E-state index contributed by atoms with van der Waals surface area (Å²) in [5, 5.41) is 0. The van der Waals surface area contributed by atoms with Crippen LogP contribution in [0.1, 0.15) is 67.7 Å². The summed E-state index contributed by atoms with van der Waals surface area (Å²) < 4.78 is 0. The van der Waals surface area contributed by atoms with Crippen LogP contribution in [-0.2, 0) is 0 Å². The average molecular weight is 210 g/mol. The maximum Gasteiger partial charge on any atom is -0.0271 e. The van der Waals surface area contributed by atoms with Gasteiger partial charge in [0.15, 0.2) is 0 Å². The Bertz CT molecular complexity index is 216. The van der Waals surface area contributed by atoms with Gasteiger partial charge in [-0.25, -0.2) is 0 Å². The van der Waals surface area contributed by atoms with Crippen LogP contribution in [0, 0.1) is 28.6 Å². The molecule has 15 heavy (non-hydrogen) atoms. The van der Waals surface area contributed by atoms with Crippen molar-refractivity contribution in [3.05, 3.63) is 0 Å². The second-order valence-corrected chi connectivity index (χ2v) is 7.01. The van der Waals surface area contributed by atoms with Gasteiger partial charge in [0.05, 0.1) is 0 Å².